The summed E-state index contributed by atoms with van der Waals surface area (Å²) in [5.41, 5.74) is 8.95. The van der Waals surface area contributed by atoms with Crippen molar-refractivity contribution in [1.29, 1.82) is 0 Å². The second-order valence-electron chi connectivity index (χ2n) is 3.45. The van der Waals surface area contributed by atoms with Gasteiger partial charge < -0.3 is 5.73 Å². The Morgan fingerprint density at radius 1 is 1.44 bits per heavy atom. The van der Waals surface area contributed by atoms with E-state index >= 15 is 0 Å². The number of aryl methyl sites for hydroxylation is 1. The number of amides is 2. The molecule has 0 heterocycles. The Balaban J connectivity index is 2.37. The Bertz CT molecular complexity index is 391. The van der Waals surface area contributed by atoms with E-state index in [4.69, 9.17) is 5.73 Å². The molecule has 0 aliphatic heterocycles. The van der Waals surface area contributed by atoms with Crippen LogP contribution in [0.15, 0.2) is 24.3 Å². The van der Waals surface area contributed by atoms with Gasteiger partial charge in [0, 0.05) is 0 Å². The zero-order valence-corrected chi connectivity index (χ0v) is 9.03. The van der Waals surface area contributed by atoms with Crippen molar-refractivity contribution < 1.29 is 14.4 Å². The van der Waals surface area contributed by atoms with Gasteiger partial charge >= 0.3 is 0 Å². The van der Waals surface area contributed by atoms with Gasteiger partial charge in [-0.1, -0.05) is 29.8 Å². The zero-order chi connectivity index (χ0) is 12.0. The van der Waals surface area contributed by atoms with Gasteiger partial charge in [-0.3, -0.25) is 14.4 Å². The lowest BCUT2D eigenvalue weighted by atomic mass is 10.1. The van der Waals surface area contributed by atoms with Crippen molar-refractivity contribution >= 4 is 11.8 Å². The fourth-order valence-electron chi connectivity index (χ4n) is 1.23. The predicted octanol–water partition coefficient (Wildman–Crippen LogP) is 0.0706. The van der Waals surface area contributed by atoms with Crippen molar-refractivity contribution in [3.8, 4) is 0 Å². The van der Waals surface area contributed by atoms with Crippen LogP contribution in [0.4, 0.5) is 0 Å². The molecule has 0 atom stereocenters. The van der Waals surface area contributed by atoms with Crippen molar-refractivity contribution in [2.45, 2.75) is 13.3 Å². The van der Waals surface area contributed by atoms with Crippen LogP contribution in [0.2, 0.25) is 0 Å². The van der Waals surface area contributed by atoms with Crippen molar-refractivity contribution in [2.75, 3.05) is 6.61 Å². The van der Waals surface area contributed by atoms with E-state index in [9.17, 15) is 9.59 Å². The maximum atomic E-state index is 11.3. The number of hydrogen-bond acceptors (Lipinski definition) is 3. The minimum Gasteiger partial charge on any atom is -0.368 e. The fourth-order valence-corrected chi connectivity index (χ4v) is 1.23. The summed E-state index contributed by atoms with van der Waals surface area (Å²) in [4.78, 5) is 26.2. The van der Waals surface area contributed by atoms with Gasteiger partial charge in [0.05, 0.1) is 6.42 Å². The second-order valence-corrected chi connectivity index (χ2v) is 3.45. The van der Waals surface area contributed by atoms with E-state index in [0.29, 0.717) is 0 Å². The standard InChI is InChI=1S/C11H14N2O3/c1-8-3-2-4-9(5-8)6-11(15)13-16-7-10(12)14/h2-5H,6-7H2,1H3,(H2,12,14)(H,13,15). The Morgan fingerprint density at radius 2 is 2.19 bits per heavy atom. The molecule has 1 rings (SSSR count). The maximum Gasteiger partial charge on any atom is 0.247 e. The van der Waals surface area contributed by atoms with E-state index in [2.05, 4.69) is 10.3 Å². The Hall–Kier alpha value is -1.88. The molecule has 0 aromatic heterocycles. The topological polar surface area (TPSA) is 81.4 Å². The minimum atomic E-state index is -0.629. The van der Waals surface area contributed by atoms with Crippen LogP contribution in [0, 0.1) is 6.92 Å². The molecule has 0 aliphatic carbocycles. The summed E-state index contributed by atoms with van der Waals surface area (Å²) in [5, 5.41) is 0. The van der Waals surface area contributed by atoms with Gasteiger partial charge in [0.1, 0.15) is 0 Å². The summed E-state index contributed by atoms with van der Waals surface area (Å²) >= 11 is 0. The summed E-state index contributed by atoms with van der Waals surface area (Å²) in [6.45, 7) is 1.63. The molecule has 0 unspecified atom stereocenters. The molecule has 2 amide bonds. The average Bonchev–Trinajstić information content (AvgIpc) is 2.16. The van der Waals surface area contributed by atoms with Crippen LogP contribution in [0.25, 0.3) is 0 Å². The van der Waals surface area contributed by atoms with Crippen LogP contribution in [0.5, 0.6) is 0 Å². The molecule has 1 aromatic rings. The minimum absolute atomic E-state index is 0.209. The largest absolute Gasteiger partial charge is 0.368 e. The van der Waals surface area contributed by atoms with Crippen LogP contribution in [0.3, 0.4) is 0 Å². The van der Waals surface area contributed by atoms with Gasteiger partial charge in [-0.2, -0.15) is 0 Å². The summed E-state index contributed by atoms with van der Waals surface area (Å²) in [6, 6.07) is 7.58. The molecule has 86 valence electrons. The third kappa shape index (κ3) is 4.56. The van der Waals surface area contributed by atoms with Crippen LogP contribution in [-0.4, -0.2) is 18.4 Å². The lowest BCUT2D eigenvalue weighted by Gasteiger charge is -2.04. The molecule has 0 aliphatic rings. The Morgan fingerprint density at radius 3 is 2.81 bits per heavy atom. The molecule has 0 spiro atoms. The van der Waals surface area contributed by atoms with Crippen molar-refractivity contribution in [3.63, 3.8) is 0 Å². The fraction of sp³-hybridized carbons (Fsp3) is 0.273. The van der Waals surface area contributed by atoms with Gasteiger partial charge in [0.2, 0.25) is 11.8 Å². The van der Waals surface area contributed by atoms with E-state index in [-0.39, 0.29) is 18.9 Å². The third-order valence-electron chi connectivity index (χ3n) is 1.85. The molecule has 0 fully saturated rings. The van der Waals surface area contributed by atoms with Crippen molar-refractivity contribution in [3.05, 3.63) is 35.4 Å². The molecule has 16 heavy (non-hydrogen) atoms. The van der Waals surface area contributed by atoms with E-state index in [1.807, 2.05) is 31.2 Å². The number of carbonyl (C=O) groups excluding carboxylic acids is 2. The number of hydroxylamine groups is 1. The van der Waals surface area contributed by atoms with Crippen molar-refractivity contribution in [2.24, 2.45) is 5.73 Å². The first-order valence-electron chi connectivity index (χ1n) is 4.82. The number of hydrogen-bond donors (Lipinski definition) is 2. The number of primary amides is 1. The summed E-state index contributed by atoms with van der Waals surface area (Å²) < 4.78 is 0. The number of rotatable bonds is 5. The highest BCUT2D eigenvalue weighted by molar-refractivity contribution is 5.78. The highest BCUT2D eigenvalue weighted by Crippen LogP contribution is 2.04. The number of benzene rings is 1. The molecule has 0 saturated carbocycles. The highest BCUT2D eigenvalue weighted by Gasteiger charge is 2.04. The maximum absolute atomic E-state index is 11.3. The molecule has 1 aromatic carbocycles. The zero-order valence-electron chi connectivity index (χ0n) is 9.03. The summed E-state index contributed by atoms with van der Waals surface area (Å²) in [5.74, 6) is -0.942. The van der Waals surface area contributed by atoms with E-state index in [1.165, 1.54) is 0 Å². The van der Waals surface area contributed by atoms with Gasteiger partial charge in [-0.15, -0.1) is 0 Å². The lowest BCUT2D eigenvalue weighted by Crippen LogP contribution is -2.30. The van der Waals surface area contributed by atoms with Crippen LogP contribution < -0.4 is 11.2 Å². The monoisotopic (exact) mass is 222 g/mol. The molecule has 0 bridgehead atoms. The number of nitrogens with one attached hydrogen (secondary N) is 1. The first kappa shape index (κ1) is 12.2. The third-order valence-corrected chi connectivity index (χ3v) is 1.85. The highest BCUT2D eigenvalue weighted by atomic mass is 16.7. The Labute approximate surface area is 93.5 Å². The van der Waals surface area contributed by atoms with Crippen LogP contribution in [0.1, 0.15) is 11.1 Å². The molecule has 5 nitrogen and oxygen atoms in total. The number of carbonyl (C=O) groups is 2. The smallest absolute Gasteiger partial charge is 0.247 e. The van der Waals surface area contributed by atoms with Gasteiger partial charge in [0.15, 0.2) is 6.61 Å². The molecule has 5 heteroatoms. The van der Waals surface area contributed by atoms with Gasteiger partial charge in [-0.25, -0.2) is 5.48 Å². The normalized spacial score (nSPS) is 9.81. The second kappa shape index (κ2) is 5.87. The van der Waals surface area contributed by atoms with Gasteiger partial charge in [-0.05, 0) is 12.5 Å². The summed E-state index contributed by atoms with van der Waals surface area (Å²) in [6.07, 6.45) is 0.209. The predicted molar refractivity (Wildman–Crippen MR) is 58.2 cm³/mol. The molecule has 0 radical (unpaired) electrons. The quantitative estimate of drug-likeness (QED) is 0.692. The van der Waals surface area contributed by atoms with Crippen LogP contribution >= 0.6 is 0 Å². The molecule has 0 saturated heterocycles. The van der Waals surface area contributed by atoms with E-state index in [1.54, 1.807) is 0 Å². The first-order chi connectivity index (χ1) is 7.58. The molecular formula is C11H14N2O3. The Kier molecular flexibility index (Phi) is 4.47. The van der Waals surface area contributed by atoms with Crippen molar-refractivity contribution in [1.82, 2.24) is 5.48 Å². The number of nitrogens with two attached hydrogens (primary N) is 1. The lowest BCUT2D eigenvalue weighted by molar-refractivity contribution is -0.137. The van der Waals surface area contributed by atoms with E-state index < -0.39 is 5.91 Å². The van der Waals surface area contributed by atoms with E-state index in [0.717, 1.165) is 11.1 Å². The molecule has 3 N–H and O–H groups in total. The van der Waals surface area contributed by atoms with Gasteiger partial charge in [0.25, 0.3) is 0 Å². The summed E-state index contributed by atoms with van der Waals surface area (Å²) in [7, 11) is 0. The first-order valence-corrected chi connectivity index (χ1v) is 4.82. The average molecular weight is 222 g/mol. The van der Waals surface area contributed by atoms with Crippen LogP contribution in [-0.2, 0) is 20.8 Å². The SMILES string of the molecule is Cc1cccc(CC(=O)NOCC(N)=O)c1. The molecular weight excluding hydrogens is 208 g/mol.